The summed E-state index contributed by atoms with van der Waals surface area (Å²) in [5.41, 5.74) is 2.40. The Balaban J connectivity index is 2.28. The van der Waals surface area contributed by atoms with Crippen LogP contribution in [0.15, 0.2) is 40.9 Å². The minimum Gasteiger partial charge on any atom is -0.294 e. The van der Waals surface area contributed by atoms with E-state index in [4.69, 9.17) is 23.2 Å². The summed E-state index contributed by atoms with van der Waals surface area (Å²) < 4.78 is 0.960. The first-order chi connectivity index (χ1) is 8.97. The summed E-state index contributed by atoms with van der Waals surface area (Å²) in [7, 11) is 0. The first kappa shape index (κ1) is 14.6. The molecule has 0 saturated carbocycles. The Morgan fingerprint density at radius 3 is 2.58 bits per heavy atom. The molecule has 0 atom stereocenters. The third-order valence-corrected chi connectivity index (χ3v) is 3.94. The lowest BCUT2D eigenvalue weighted by Crippen LogP contribution is -2.06. The quantitative estimate of drug-likeness (QED) is 0.664. The first-order valence-electron chi connectivity index (χ1n) is 5.70. The van der Waals surface area contributed by atoms with Crippen LogP contribution in [0.2, 0.25) is 10.0 Å². The molecule has 2 aromatic carbocycles. The number of carbonyl (C=O) groups is 1. The van der Waals surface area contributed by atoms with Gasteiger partial charge in [-0.3, -0.25) is 4.79 Å². The molecule has 0 saturated heterocycles. The number of benzene rings is 2. The predicted octanol–water partition coefficient (Wildman–Crippen LogP) is 5.49. The van der Waals surface area contributed by atoms with Gasteiger partial charge in [-0.25, -0.2) is 0 Å². The Morgan fingerprint density at radius 1 is 1.16 bits per heavy atom. The Bertz CT molecular complexity index is 638. The largest absolute Gasteiger partial charge is 0.294 e. The molecule has 19 heavy (non-hydrogen) atoms. The molecule has 0 aliphatic heterocycles. The molecule has 2 rings (SSSR count). The third-order valence-electron chi connectivity index (χ3n) is 2.85. The van der Waals surface area contributed by atoms with Gasteiger partial charge in [0.15, 0.2) is 5.78 Å². The molecule has 0 radical (unpaired) electrons. The standard InChI is InChI=1S/C15H11BrCl2O/c1-9-6-11(16)2-4-13(9)15(19)8-10-7-12(17)3-5-14(10)18/h2-7H,8H2,1H3. The van der Waals surface area contributed by atoms with E-state index in [1.54, 1.807) is 18.2 Å². The minimum atomic E-state index is 0.0363. The molecule has 0 unspecified atom stereocenters. The van der Waals surface area contributed by atoms with Crippen LogP contribution in [0.4, 0.5) is 0 Å². The zero-order valence-electron chi connectivity index (χ0n) is 10.2. The van der Waals surface area contributed by atoms with Crippen molar-refractivity contribution >= 4 is 44.9 Å². The second kappa shape index (κ2) is 6.08. The van der Waals surface area contributed by atoms with E-state index in [0.29, 0.717) is 15.6 Å². The molecule has 0 bridgehead atoms. The van der Waals surface area contributed by atoms with Crippen LogP contribution < -0.4 is 0 Å². The highest BCUT2D eigenvalue weighted by atomic mass is 79.9. The highest BCUT2D eigenvalue weighted by Crippen LogP contribution is 2.23. The maximum Gasteiger partial charge on any atom is 0.167 e. The van der Waals surface area contributed by atoms with Crippen LogP contribution in [0.3, 0.4) is 0 Å². The van der Waals surface area contributed by atoms with Crippen molar-refractivity contribution in [3.63, 3.8) is 0 Å². The number of hydrogen-bond donors (Lipinski definition) is 0. The lowest BCUT2D eigenvalue weighted by molar-refractivity contribution is 0.0992. The number of halogens is 3. The summed E-state index contributed by atoms with van der Waals surface area (Å²) in [5, 5.41) is 1.15. The van der Waals surface area contributed by atoms with Crippen LogP contribution in [0.1, 0.15) is 21.5 Å². The van der Waals surface area contributed by atoms with Gasteiger partial charge in [0, 0.05) is 26.5 Å². The Labute approximate surface area is 130 Å². The average molecular weight is 358 g/mol. The van der Waals surface area contributed by atoms with Crippen molar-refractivity contribution in [1.29, 1.82) is 0 Å². The summed E-state index contributed by atoms with van der Waals surface area (Å²) in [6.07, 6.45) is 0.252. The molecule has 2 aromatic rings. The summed E-state index contributed by atoms with van der Waals surface area (Å²) in [4.78, 5) is 12.3. The van der Waals surface area contributed by atoms with Crippen molar-refractivity contribution < 1.29 is 4.79 Å². The van der Waals surface area contributed by atoms with Gasteiger partial charge in [0.2, 0.25) is 0 Å². The molecule has 0 aliphatic carbocycles. The number of Topliss-reactive ketones (excluding diaryl/α,β-unsaturated/α-hetero) is 1. The minimum absolute atomic E-state index is 0.0363. The molecule has 4 heteroatoms. The van der Waals surface area contributed by atoms with E-state index in [1.165, 1.54) is 0 Å². The topological polar surface area (TPSA) is 17.1 Å². The van der Waals surface area contributed by atoms with Crippen molar-refractivity contribution in [2.45, 2.75) is 13.3 Å². The molecule has 0 spiro atoms. The van der Waals surface area contributed by atoms with Crippen LogP contribution in [0, 0.1) is 6.92 Å². The van der Waals surface area contributed by atoms with Crippen molar-refractivity contribution in [2.75, 3.05) is 0 Å². The van der Waals surface area contributed by atoms with Crippen LogP contribution >= 0.6 is 39.1 Å². The molecule has 0 heterocycles. The van der Waals surface area contributed by atoms with Crippen molar-refractivity contribution in [3.8, 4) is 0 Å². The second-order valence-electron chi connectivity index (χ2n) is 4.29. The Morgan fingerprint density at radius 2 is 1.89 bits per heavy atom. The molecular weight excluding hydrogens is 347 g/mol. The fourth-order valence-electron chi connectivity index (χ4n) is 1.89. The maximum atomic E-state index is 12.3. The van der Waals surface area contributed by atoms with Gasteiger partial charge in [0.1, 0.15) is 0 Å². The molecule has 98 valence electrons. The van der Waals surface area contributed by atoms with E-state index in [2.05, 4.69) is 15.9 Å². The second-order valence-corrected chi connectivity index (χ2v) is 6.05. The van der Waals surface area contributed by atoms with E-state index >= 15 is 0 Å². The molecule has 0 amide bonds. The van der Waals surface area contributed by atoms with E-state index < -0.39 is 0 Å². The van der Waals surface area contributed by atoms with Crippen molar-refractivity contribution in [1.82, 2.24) is 0 Å². The van der Waals surface area contributed by atoms with Crippen LogP contribution in [-0.4, -0.2) is 5.78 Å². The monoisotopic (exact) mass is 356 g/mol. The Kier molecular flexibility index (Phi) is 4.67. The van der Waals surface area contributed by atoms with Crippen LogP contribution in [0.5, 0.6) is 0 Å². The zero-order valence-corrected chi connectivity index (χ0v) is 13.3. The Hall–Kier alpha value is -0.830. The summed E-state index contributed by atoms with van der Waals surface area (Å²) >= 11 is 15.4. The van der Waals surface area contributed by atoms with E-state index in [9.17, 15) is 4.79 Å². The van der Waals surface area contributed by atoms with Crippen LogP contribution in [0.25, 0.3) is 0 Å². The number of hydrogen-bond acceptors (Lipinski definition) is 1. The number of ketones is 1. The van der Waals surface area contributed by atoms with Gasteiger partial charge < -0.3 is 0 Å². The number of aryl methyl sites for hydroxylation is 1. The van der Waals surface area contributed by atoms with Gasteiger partial charge in [-0.15, -0.1) is 0 Å². The van der Waals surface area contributed by atoms with Crippen molar-refractivity contribution in [2.24, 2.45) is 0 Å². The fraction of sp³-hybridized carbons (Fsp3) is 0.133. The molecule has 1 nitrogen and oxygen atoms in total. The van der Waals surface area contributed by atoms with Gasteiger partial charge in [-0.2, -0.15) is 0 Å². The molecule has 0 aliphatic rings. The summed E-state index contributed by atoms with van der Waals surface area (Å²) in [6, 6.07) is 10.8. The molecule has 0 aromatic heterocycles. The predicted molar refractivity (Wildman–Crippen MR) is 83.4 cm³/mol. The van der Waals surface area contributed by atoms with Gasteiger partial charge in [-0.05, 0) is 48.4 Å². The summed E-state index contributed by atoms with van der Waals surface area (Å²) in [6.45, 7) is 1.91. The van der Waals surface area contributed by atoms with E-state index in [1.807, 2.05) is 25.1 Å². The first-order valence-corrected chi connectivity index (χ1v) is 7.25. The van der Waals surface area contributed by atoms with Gasteiger partial charge in [0.05, 0.1) is 0 Å². The molecular formula is C15H11BrCl2O. The normalized spacial score (nSPS) is 10.5. The van der Waals surface area contributed by atoms with Crippen LogP contribution in [-0.2, 0) is 6.42 Å². The van der Waals surface area contributed by atoms with Gasteiger partial charge >= 0.3 is 0 Å². The fourth-order valence-corrected chi connectivity index (χ4v) is 2.74. The third kappa shape index (κ3) is 3.59. The number of rotatable bonds is 3. The lowest BCUT2D eigenvalue weighted by Gasteiger charge is -2.07. The van der Waals surface area contributed by atoms with E-state index in [0.717, 1.165) is 15.6 Å². The zero-order chi connectivity index (χ0) is 14.0. The van der Waals surface area contributed by atoms with E-state index in [-0.39, 0.29) is 12.2 Å². The SMILES string of the molecule is Cc1cc(Br)ccc1C(=O)Cc1cc(Cl)ccc1Cl. The highest BCUT2D eigenvalue weighted by Gasteiger charge is 2.12. The maximum absolute atomic E-state index is 12.3. The average Bonchev–Trinajstić information content (AvgIpc) is 2.33. The highest BCUT2D eigenvalue weighted by molar-refractivity contribution is 9.10. The smallest absolute Gasteiger partial charge is 0.167 e. The van der Waals surface area contributed by atoms with Crippen molar-refractivity contribution in [3.05, 3.63) is 67.6 Å². The molecule has 0 fully saturated rings. The molecule has 0 N–H and O–H groups in total. The van der Waals surface area contributed by atoms with Gasteiger partial charge in [-0.1, -0.05) is 45.2 Å². The van der Waals surface area contributed by atoms with Gasteiger partial charge in [0.25, 0.3) is 0 Å². The lowest BCUT2D eigenvalue weighted by atomic mass is 9.99. The number of carbonyl (C=O) groups excluding carboxylic acids is 1. The summed E-state index contributed by atoms with van der Waals surface area (Å²) in [5.74, 6) is 0.0363.